The van der Waals surface area contributed by atoms with Crippen molar-refractivity contribution in [2.24, 2.45) is 4.99 Å². The number of carbonyl (C=O) groups is 1. The van der Waals surface area contributed by atoms with Gasteiger partial charge in [-0.1, -0.05) is 47.6 Å². The molecule has 0 bridgehead atoms. The maximum absolute atomic E-state index is 13.0. The quantitative estimate of drug-likeness (QED) is 0.733. The van der Waals surface area contributed by atoms with E-state index in [4.69, 9.17) is 28.8 Å². The smallest absolute Gasteiger partial charge is 0.260 e. The van der Waals surface area contributed by atoms with Crippen molar-refractivity contribution in [3.63, 3.8) is 0 Å². The Hall–Kier alpha value is -2.04. The van der Waals surface area contributed by atoms with Crippen LogP contribution in [0.15, 0.2) is 53.5 Å². The van der Waals surface area contributed by atoms with Crippen LogP contribution in [-0.2, 0) is 0 Å². The van der Waals surface area contributed by atoms with Crippen molar-refractivity contribution in [1.29, 1.82) is 0 Å². The number of hydrogen-bond acceptors (Lipinski definition) is 3. The SMILES string of the molecule is Cc1cccc(C2=NC(C)(C)N(C(=O)c3ccc(Cl)cc3)C2=S)c1. The average Bonchev–Trinajstić information content (AvgIpc) is 2.77. The lowest BCUT2D eigenvalue weighted by molar-refractivity contribution is 0.0758. The van der Waals surface area contributed by atoms with Crippen LogP contribution < -0.4 is 0 Å². The molecule has 3 rings (SSSR count). The van der Waals surface area contributed by atoms with Gasteiger partial charge in [0.25, 0.3) is 5.91 Å². The highest BCUT2D eigenvalue weighted by Crippen LogP contribution is 2.29. The largest absolute Gasteiger partial charge is 0.272 e. The number of halogens is 1. The number of hydrogen-bond donors (Lipinski definition) is 0. The van der Waals surface area contributed by atoms with Crippen LogP contribution in [0.1, 0.15) is 35.3 Å². The molecule has 0 atom stereocenters. The van der Waals surface area contributed by atoms with Crippen molar-refractivity contribution in [3.05, 3.63) is 70.2 Å². The molecule has 0 saturated carbocycles. The molecule has 24 heavy (non-hydrogen) atoms. The second-order valence-corrected chi connectivity index (χ2v) is 7.10. The Kier molecular flexibility index (Phi) is 4.28. The van der Waals surface area contributed by atoms with Crippen molar-refractivity contribution in [2.75, 3.05) is 0 Å². The first kappa shape index (κ1) is 16.8. The zero-order chi connectivity index (χ0) is 17.5. The van der Waals surface area contributed by atoms with E-state index in [9.17, 15) is 4.79 Å². The second-order valence-electron chi connectivity index (χ2n) is 6.28. The highest BCUT2D eigenvalue weighted by molar-refractivity contribution is 7.82. The first-order valence-corrected chi connectivity index (χ1v) is 8.39. The second kappa shape index (κ2) is 6.11. The van der Waals surface area contributed by atoms with Crippen LogP contribution in [0.2, 0.25) is 5.02 Å². The van der Waals surface area contributed by atoms with E-state index in [0.717, 1.165) is 11.1 Å². The minimum atomic E-state index is -0.729. The van der Waals surface area contributed by atoms with E-state index in [1.165, 1.54) is 0 Å². The number of aliphatic imine (C=N–C) groups is 1. The van der Waals surface area contributed by atoms with Crippen LogP contribution in [0.25, 0.3) is 0 Å². The molecule has 0 radical (unpaired) electrons. The molecule has 5 heteroatoms. The van der Waals surface area contributed by atoms with Gasteiger partial charge in [0, 0.05) is 16.1 Å². The molecule has 122 valence electrons. The van der Waals surface area contributed by atoms with Gasteiger partial charge in [-0.25, -0.2) is 0 Å². The van der Waals surface area contributed by atoms with Crippen molar-refractivity contribution in [2.45, 2.75) is 26.4 Å². The van der Waals surface area contributed by atoms with E-state index in [2.05, 4.69) is 0 Å². The van der Waals surface area contributed by atoms with Gasteiger partial charge in [0.2, 0.25) is 0 Å². The standard InChI is InChI=1S/C19H17ClN2OS/c1-12-5-4-6-14(11-12)16-18(24)22(19(2,3)21-16)17(23)13-7-9-15(20)10-8-13/h4-11H,1-3H3. The summed E-state index contributed by atoms with van der Waals surface area (Å²) < 4.78 is 0. The molecule has 0 aromatic heterocycles. The topological polar surface area (TPSA) is 32.7 Å². The minimum absolute atomic E-state index is 0.173. The van der Waals surface area contributed by atoms with Gasteiger partial charge < -0.3 is 0 Å². The maximum atomic E-state index is 13.0. The van der Waals surface area contributed by atoms with Crippen LogP contribution in [0.5, 0.6) is 0 Å². The minimum Gasteiger partial charge on any atom is -0.272 e. The first-order valence-electron chi connectivity index (χ1n) is 7.61. The van der Waals surface area contributed by atoms with E-state index in [0.29, 0.717) is 21.3 Å². The van der Waals surface area contributed by atoms with Gasteiger partial charge in [0.15, 0.2) is 0 Å². The van der Waals surface area contributed by atoms with Crippen molar-refractivity contribution in [1.82, 2.24) is 4.90 Å². The summed E-state index contributed by atoms with van der Waals surface area (Å²) in [6.07, 6.45) is 0. The van der Waals surface area contributed by atoms with Crippen molar-refractivity contribution >= 4 is 40.4 Å². The van der Waals surface area contributed by atoms with E-state index < -0.39 is 5.66 Å². The number of aryl methyl sites for hydroxylation is 1. The molecule has 1 heterocycles. The van der Waals surface area contributed by atoms with Crippen LogP contribution in [0.3, 0.4) is 0 Å². The van der Waals surface area contributed by atoms with Gasteiger partial charge in [-0.3, -0.25) is 14.7 Å². The molecule has 2 aromatic rings. The highest BCUT2D eigenvalue weighted by Gasteiger charge is 2.42. The number of benzene rings is 2. The fourth-order valence-corrected chi connectivity index (χ4v) is 3.36. The Balaban J connectivity index is 1.98. The zero-order valence-electron chi connectivity index (χ0n) is 13.7. The summed E-state index contributed by atoms with van der Waals surface area (Å²) in [6, 6.07) is 14.8. The van der Waals surface area contributed by atoms with Crippen LogP contribution in [-0.4, -0.2) is 27.2 Å². The van der Waals surface area contributed by atoms with E-state index in [1.807, 2.05) is 45.0 Å². The average molecular weight is 357 g/mol. The molecule has 1 aliphatic rings. The number of carbonyl (C=O) groups excluding carboxylic acids is 1. The van der Waals surface area contributed by atoms with Gasteiger partial charge in [0.05, 0.1) is 0 Å². The van der Waals surface area contributed by atoms with E-state index in [-0.39, 0.29) is 5.91 Å². The van der Waals surface area contributed by atoms with Gasteiger partial charge in [0.1, 0.15) is 16.4 Å². The Labute approximate surface area is 152 Å². The van der Waals surface area contributed by atoms with Crippen LogP contribution >= 0.6 is 23.8 Å². The molecule has 0 saturated heterocycles. The molecule has 3 nitrogen and oxygen atoms in total. The Morgan fingerprint density at radius 1 is 1.17 bits per heavy atom. The van der Waals surface area contributed by atoms with Gasteiger partial charge >= 0.3 is 0 Å². The summed E-state index contributed by atoms with van der Waals surface area (Å²) in [7, 11) is 0. The fraction of sp³-hybridized carbons (Fsp3) is 0.211. The summed E-state index contributed by atoms with van der Waals surface area (Å²) >= 11 is 11.5. The summed E-state index contributed by atoms with van der Waals surface area (Å²) in [5.74, 6) is -0.173. The van der Waals surface area contributed by atoms with Crippen molar-refractivity contribution < 1.29 is 4.79 Å². The molecule has 0 spiro atoms. The Morgan fingerprint density at radius 3 is 2.46 bits per heavy atom. The molecule has 0 fully saturated rings. The van der Waals surface area contributed by atoms with Gasteiger partial charge in [-0.15, -0.1) is 0 Å². The highest BCUT2D eigenvalue weighted by atomic mass is 35.5. The molecule has 1 aliphatic heterocycles. The third-order valence-electron chi connectivity index (χ3n) is 3.92. The molecule has 0 aliphatic carbocycles. The maximum Gasteiger partial charge on any atom is 0.260 e. The predicted octanol–water partition coefficient (Wildman–Crippen LogP) is 4.66. The third kappa shape index (κ3) is 2.99. The fourth-order valence-electron chi connectivity index (χ4n) is 2.77. The molecule has 1 amide bonds. The normalized spacial score (nSPS) is 16.2. The lowest BCUT2D eigenvalue weighted by Crippen LogP contribution is -2.46. The lowest BCUT2D eigenvalue weighted by atomic mass is 10.1. The Bertz CT molecular complexity index is 856. The predicted molar refractivity (Wildman–Crippen MR) is 102 cm³/mol. The van der Waals surface area contributed by atoms with Crippen LogP contribution in [0.4, 0.5) is 0 Å². The molecule has 2 aromatic carbocycles. The van der Waals surface area contributed by atoms with E-state index in [1.54, 1.807) is 29.2 Å². The zero-order valence-corrected chi connectivity index (χ0v) is 15.3. The number of thiocarbonyl (C=S) groups is 1. The summed E-state index contributed by atoms with van der Waals surface area (Å²) in [5.41, 5.74) is 2.54. The molecular formula is C19H17ClN2OS. The number of amides is 1. The Morgan fingerprint density at radius 2 is 1.83 bits per heavy atom. The van der Waals surface area contributed by atoms with E-state index >= 15 is 0 Å². The molecule has 0 N–H and O–H groups in total. The molecule has 0 unspecified atom stereocenters. The summed E-state index contributed by atoms with van der Waals surface area (Å²) in [6.45, 7) is 5.79. The van der Waals surface area contributed by atoms with Gasteiger partial charge in [-0.2, -0.15) is 0 Å². The third-order valence-corrected chi connectivity index (χ3v) is 4.55. The summed E-state index contributed by atoms with van der Waals surface area (Å²) in [5, 5.41) is 0.589. The van der Waals surface area contributed by atoms with Gasteiger partial charge in [-0.05, 0) is 51.1 Å². The lowest BCUT2D eigenvalue weighted by Gasteiger charge is -2.29. The number of rotatable bonds is 2. The van der Waals surface area contributed by atoms with Crippen molar-refractivity contribution in [3.8, 4) is 0 Å². The number of nitrogens with zero attached hydrogens (tertiary/aromatic N) is 2. The monoisotopic (exact) mass is 356 g/mol. The summed E-state index contributed by atoms with van der Waals surface area (Å²) in [4.78, 5) is 19.7. The molecular weight excluding hydrogens is 340 g/mol. The first-order chi connectivity index (χ1) is 11.3. The van der Waals surface area contributed by atoms with Crippen LogP contribution in [0, 0.1) is 6.92 Å².